The summed E-state index contributed by atoms with van der Waals surface area (Å²) in [5.41, 5.74) is 0.110. The van der Waals surface area contributed by atoms with Crippen molar-refractivity contribution in [3.8, 4) is 0 Å². The molecule has 0 unspecified atom stereocenters. The fourth-order valence-electron chi connectivity index (χ4n) is 1.48. The molecule has 1 aromatic carbocycles. The number of nitrogens with zero attached hydrogens (tertiary/aromatic N) is 2. The van der Waals surface area contributed by atoms with Crippen LogP contribution in [0.15, 0.2) is 40.3 Å². The maximum absolute atomic E-state index is 12.6. The van der Waals surface area contributed by atoms with Crippen LogP contribution in [0.1, 0.15) is 5.56 Å². The molecule has 108 valence electrons. The zero-order valence-corrected chi connectivity index (χ0v) is 9.63. The Kier molecular flexibility index (Phi) is 3.45. The van der Waals surface area contributed by atoms with Gasteiger partial charge in [0.1, 0.15) is 5.84 Å². The second-order valence-electron chi connectivity index (χ2n) is 3.86. The highest BCUT2D eigenvalue weighted by atomic mass is 19.4. The van der Waals surface area contributed by atoms with Crippen molar-refractivity contribution in [1.29, 1.82) is 0 Å². The largest absolute Gasteiger partial charge is 0.449 e. The Morgan fingerprint density at radius 1 is 0.900 bits per heavy atom. The zero-order chi connectivity index (χ0) is 15.0. The molecule has 1 aliphatic rings. The molecule has 9 heteroatoms. The third kappa shape index (κ3) is 3.09. The van der Waals surface area contributed by atoms with Gasteiger partial charge in [-0.25, -0.2) is 9.98 Å². The summed E-state index contributed by atoms with van der Waals surface area (Å²) in [6.07, 6.45) is -12.8. The van der Waals surface area contributed by atoms with Crippen LogP contribution in [0.25, 0.3) is 0 Å². The second-order valence-corrected chi connectivity index (χ2v) is 3.86. The van der Waals surface area contributed by atoms with Crippen molar-refractivity contribution >= 4 is 11.7 Å². The van der Waals surface area contributed by atoms with E-state index >= 15 is 0 Å². The summed E-state index contributed by atoms with van der Waals surface area (Å²) in [5.74, 6) is -2.23. The van der Waals surface area contributed by atoms with E-state index in [2.05, 4.69) is 9.98 Å². The predicted molar refractivity (Wildman–Crippen MR) is 59.4 cm³/mol. The van der Waals surface area contributed by atoms with Crippen molar-refractivity contribution in [3.63, 3.8) is 0 Å². The van der Waals surface area contributed by atoms with Gasteiger partial charge in [0.05, 0.1) is 0 Å². The summed E-state index contributed by atoms with van der Waals surface area (Å²) in [6.45, 7) is 0. The summed E-state index contributed by atoms with van der Waals surface area (Å²) in [5, 5.41) is 1.79. The first-order chi connectivity index (χ1) is 9.18. The van der Waals surface area contributed by atoms with Crippen LogP contribution < -0.4 is 5.32 Å². The monoisotopic (exact) mass is 295 g/mol. The second kappa shape index (κ2) is 4.80. The number of amidine groups is 2. The number of halogens is 6. The van der Waals surface area contributed by atoms with Crippen molar-refractivity contribution in [3.05, 3.63) is 35.9 Å². The lowest BCUT2D eigenvalue weighted by Gasteiger charge is -2.23. The minimum atomic E-state index is -5.01. The highest BCUT2D eigenvalue weighted by Gasteiger charge is 2.46. The molecule has 0 saturated carbocycles. The third-order valence-electron chi connectivity index (χ3n) is 2.35. The molecule has 1 aromatic rings. The first-order valence-corrected chi connectivity index (χ1v) is 5.30. The molecule has 0 spiro atoms. The average molecular weight is 295 g/mol. The van der Waals surface area contributed by atoms with Gasteiger partial charge in [-0.3, -0.25) is 0 Å². The lowest BCUT2D eigenvalue weighted by atomic mass is 10.2. The van der Waals surface area contributed by atoms with Gasteiger partial charge in [0.25, 0.3) is 0 Å². The standard InChI is InChI=1S/C11H7F6N3/c12-10(13,14)8-18-7(6-4-2-1-3-5-6)19-9(20-8)11(15,16)17/h1-5,8H,(H,18,19,20)/t8-/m1/s1. The Hall–Kier alpha value is -2.06. The van der Waals surface area contributed by atoms with Gasteiger partial charge >= 0.3 is 12.4 Å². The zero-order valence-electron chi connectivity index (χ0n) is 9.63. The van der Waals surface area contributed by atoms with Crippen LogP contribution in [-0.2, 0) is 0 Å². The van der Waals surface area contributed by atoms with Gasteiger partial charge in [-0.05, 0) is 0 Å². The van der Waals surface area contributed by atoms with E-state index in [1.54, 1.807) is 11.4 Å². The summed E-state index contributed by atoms with van der Waals surface area (Å²) in [4.78, 5) is 5.75. The van der Waals surface area contributed by atoms with Gasteiger partial charge in [0.2, 0.25) is 12.0 Å². The highest BCUT2D eigenvalue weighted by Crippen LogP contribution is 2.28. The first-order valence-electron chi connectivity index (χ1n) is 5.30. The maximum atomic E-state index is 12.6. The Labute approximate surface area is 109 Å². The number of aliphatic imine (C=N–C) groups is 2. The van der Waals surface area contributed by atoms with E-state index in [1.807, 2.05) is 0 Å². The molecule has 1 N–H and O–H groups in total. The molecule has 0 bridgehead atoms. The van der Waals surface area contributed by atoms with Crippen molar-refractivity contribution < 1.29 is 26.3 Å². The van der Waals surface area contributed by atoms with E-state index in [1.165, 1.54) is 24.3 Å². The molecule has 2 rings (SSSR count). The molecule has 0 aromatic heterocycles. The molecule has 1 heterocycles. The molecule has 1 aliphatic heterocycles. The van der Waals surface area contributed by atoms with Crippen molar-refractivity contribution in [2.24, 2.45) is 9.98 Å². The van der Waals surface area contributed by atoms with Crippen LogP contribution in [0.3, 0.4) is 0 Å². The Morgan fingerprint density at radius 2 is 1.50 bits per heavy atom. The van der Waals surface area contributed by atoms with Crippen LogP contribution in [0, 0.1) is 0 Å². The van der Waals surface area contributed by atoms with E-state index in [-0.39, 0.29) is 5.56 Å². The number of rotatable bonds is 1. The molecular weight excluding hydrogens is 288 g/mol. The molecule has 0 fully saturated rings. The van der Waals surface area contributed by atoms with Gasteiger partial charge in [0, 0.05) is 5.56 Å². The lowest BCUT2D eigenvalue weighted by molar-refractivity contribution is -0.146. The molecule has 20 heavy (non-hydrogen) atoms. The van der Waals surface area contributed by atoms with Gasteiger partial charge in [-0.1, -0.05) is 30.3 Å². The smallest absolute Gasteiger partial charge is 0.321 e. The highest BCUT2D eigenvalue weighted by molar-refractivity contribution is 6.12. The number of nitrogens with one attached hydrogen (secondary N) is 1. The van der Waals surface area contributed by atoms with Crippen LogP contribution in [0.2, 0.25) is 0 Å². The van der Waals surface area contributed by atoms with Crippen LogP contribution in [0.5, 0.6) is 0 Å². The van der Waals surface area contributed by atoms with Gasteiger partial charge in [-0.2, -0.15) is 26.3 Å². The summed E-state index contributed by atoms with van der Waals surface area (Å²) in [6, 6.07) is 7.21. The SMILES string of the molecule is FC(F)(F)C1=N[C@H](C(F)(F)F)N=C(c2ccccc2)N1. The van der Waals surface area contributed by atoms with Gasteiger partial charge in [-0.15, -0.1) is 0 Å². The first kappa shape index (κ1) is 14.4. The Morgan fingerprint density at radius 3 is 2.00 bits per heavy atom. The summed E-state index contributed by atoms with van der Waals surface area (Å²) in [7, 11) is 0. The molecule has 0 amide bonds. The molecule has 3 nitrogen and oxygen atoms in total. The summed E-state index contributed by atoms with van der Waals surface area (Å²) >= 11 is 0. The average Bonchev–Trinajstić information content (AvgIpc) is 2.37. The Balaban J connectivity index is 2.42. The van der Waals surface area contributed by atoms with E-state index in [9.17, 15) is 26.3 Å². The molecule has 0 aliphatic carbocycles. The summed E-state index contributed by atoms with van der Waals surface area (Å²) < 4.78 is 75.5. The molecular formula is C11H7F6N3. The third-order valence-corrected chi connectivity index (χ3v) is 2.35. The van der Waals surface area contributed by atoms with E-state index in [0.29, 0.717) is 0 Å². The quantitative estimate of drug-likeness (QED) is 0.795. The maximum Gasteiger partial charge on any atom is 0.449 e. The van der Waals surface area contributed by atoms with Crippen LogP contribution in [0.4, 0.5) is 26.3 Å². The van der Waals surface area contributed by atoms with Gasteiger partial charge in [0.15, 0.2) is 0 Å². The van der Waals surface area contributed by atoms with Crippen LogP contribution >= 0.6 is 0 Å². The predicted octanol–water partition coefficient (Wildman–Crippen LogP) is 2.89. The molecule has 0 saturated heterocycles. The fourth-order valence-corrected chi connectivity index (χ4v) is 1.48. The number of alkyl halides is 6. The Bertz CT molecular complexity index is 544. The van der Waals surface area contributed by atoms with Crippen LogP contribution in [-0.4, -0.2) is 30.2 Å². The van der Waals surface area contributed by atoms with Crippen molar-refractivity contribution in [1.82, 2.24) is 5.32 Å². The lowest BCUT2D eigenvalue weighted by Crippen LogP contribution is -2.47. The molecule has 1 atom stereocenters. The fraction of sp³-hybridized carbons (Fsp3) is 0.273. The normalized spacial score (nSPS) is 20.0. The number of benzene rings is 1. The van der Waals surface area contributed by atoms with E-state index in [4.69, 9.17) is 0 Å². The topological polar surface area (TPSA) is 36.8 Å². The van der Waals surface area contributed by atoms with E-state index < -0.39 is 30.2 Å². The number of hydrogen-bond donors (Lipinski definition) is 1. The minimum absolute atomic E-state index is 0.110. The van der Waals surface area contributed by atoms with Crippen molar-refractivity contribution in [2.75, 3.05) is 0 Å². The number of hydrogen-bond acceptors (Lipinski definition) is 3. The van der Waals surface area contributed by atoms with E-state index in [0.717, 1.165) is 0 Å². The van der Waals surface area contributed by atoms with Gasteiger partial charge < -0.3 is 5.32 Å². The van der Waals surface area contributed by atoms with Crippen molar-refractivity contribution in [2.45, 2.75) is 18.5 Å². The molecule has 0 radical (unpaired) electrons. The minimum Gasteiger partial charge on any atom is -0.321 e.